The fraction of sp³-hybridized carbons (Fsp3) is 0.200. The van der Waals surface area contributed by atoms with Crippen molar-refractivity contribution in [2.75, 3.05) is 10.6 Å². The second-order valence-electron chi connectivity index (χ2n) is 6.07. The van der Waals surface area contributed by atoms with Crippen LogP contribution in [0.25, 0.3) is 0 Å². The lowest BCUT2D eigenvalue weighted by atomic mass is 10.1. The fourth-order valence-corrected chi connectivity index (χ4v) is 2.43. The van der Waals surface area contributed by atoms with E-state index in [1.165, 1.54) is 22.3 Å². The van der Waals surface area contributed by atoms with Crippen LogP contribution in [0.4, 0.5) is 17.3 Å². The van der Waals surface area contributed by atoms with Gasteiger partial charge in [-0.2, -0.15) is 0 Å². The average molecular weight is 318 g/mol. The highest BCUT2D eigenvalue weighted by atomic mass is 15.1. The number of benzene rings is 2. The maximum absolute atomic E-state index is 4.31. The van der Waals surface area contributed by atoms with Crippen molar-refractivity contribution in [3.05, 3.63) is 77.1 Å². The Morgan fingerprint density at radius 2 is 1.50 bits per heavy atom. The molecule has 0 fully saturated rings. The van der Waals surface area contributed by atoms with Crippen molar-refractivity contribution in [3.63, 3.8) is 0 Å². The lowest BCUT2D eigenvalue weighted by molar-refractivity contribution is 1.08. The molecule has 3 rings (SSSR count). The zero-order valence-corrected chi connectivity index (χ0v) is 14.3. The second-order valence-corrected chi connectivity index (χ2v) is 6.07. The molecule has 2 aromatic carbocycles. The third-order valence-corrected chi connectivity index (χ3v) is 3.92. The van der Waals surface area contributed by atoms with Crippen LogP contribution in [0.1, 0.15) is 22.3 Å². The maximum Gasteiger partial charge on any atom is 0.135 e. The van der Waals surface area contributed by atoms with Crippen LogP contribution in [-0.4, -0.2) is 9.97 Å². The van der Waals surface area contributed by atoms with Gasteiger partial charge in [0.15, 0.2) is 0 Å². The molecule has 0 spiro atoms. The van der Waals surface area contributed by atoms with Gasteiger partial charge >= 0.3 is 0 Å². The van der Waals surface area contributed by atoms with Gasteiger partial charge in [0.1, 0.15) is 18.0 Å². The average Bonchev–Trinajstić information content (AvgIpc) is 2.58. The van der Waals surface area contributed by atoms with E-state index in [0.29, 0.717) is 0 Å². The fourth-order valence-electron chi connectivity index (χ4n) is 2.43. The normalized spacial score (nSPS) is 10.5. The quantitative estimate of drug-likeness (QED) is 0.712. The Balaban J connectivity index is 1.69. The molecule has 2 N–H and O–H groups in total. The third kappa shape index (κ3) is 4.10. The first-order valence-corrected chi connectivity index (χ1v) is 8.06. The van der Waals surface area contributed by atoms with Crippen molar-refractivity contribution < 1.29 is 0 Å². The zero-order valence-electron chi connectivity index (χ0n) is 14.3. The maximum atomic E-state index is 4.31. The molecule has 0 aliphatic carbocycles. The van der Waals surface area contributed by atoms with Crippen LogP contribution in [-0.2, 0) is 6.54 Å². The Hall–Kier alpha value is -2.88. The number of hydrogen-bond donors (Lipinski definition) is 2. The van der Waals surface area contributed by atoms with Gasteiger partial charge in [0.05, 0.1) is 0 Å². The summed E-state index contributed by atoms with van der Waals surface area (Å²) >= 11 is 0. The van der Waals surface area contributed by atoms with Gasteiger partial charge in [0.25, 0.3) is 0 Å². The summed E-state index contributed by atoms with van der Waals surface area (Å²) in [5.41, 5.74) is 5.96. The van der Waals surface area contributed by atoms with E-state index < -0.39 is 0 Å². The topological polar surface area (TPSA) is 49.8 Å². The predicted molar refractivity (Wildman–Crippen MR) is 99.7 cm³/mol. The monoisotopic (exact) mass is 318 g/mol. The third-order valence-electron chi connectivity index (χ3n) is 3.92. The van der Waals surface area contributed by atoms with Crippen molar-refractivity contribution in [1.82, 2.24) is 9.97 Å². The number of nitrogens with one attached hydrogen (secondary N) is 2. The Morgan fingerprint density at radius 3 is 2.29 bits per heavy atom. The summed E-state index contributed by atoms with van der Waals surface area (Å²) in [4.78, 5) is 8.60. The summed E-state index contributed by atoms with van der Waals surface area (Å²) in [7, 11) is 0. The van der Waals surface area contributed by atoms with Gasteiger partial charge in [-0.3, -0.25) is 0 Å². The molecule has 1 aromatic heterocycles. The summed E-state index contributed by atoms with van der Waals surface area (Å²) < 4.78 is 0. The smallest absolute Gasteiger partial charge is 0.135 e. The first-order valence-electron chi connectivity index (χ1n) is 8.06. The van der Waals surface area contributed by atoms with E-state index >= 15 is 0 Å². The number of nitrogens with zero attached hydrogens (tertiary/aromatic N) is 2. The number of anilines is 3. The van der Waals surface area contributed by atoms with E-state index in [0.717, 1.165) is 23.9 Å². The summed E-state index contributed by atoms with van der Waals surface area (Å²) in [6.45, 7) is 6.99. The van der Waals surface area contributed by atoms with Crippen LogP contribution >= 0.6 is 0 Å². The summed E-state index contributed by atoms with van der Waals surface area (Å²) in [5.74, 6) is 1.59. The zero-order chi connectivity index (χ0) is 16.9. The minimum Gasteiger partial charge on any atom is -0.366 e. The van der Waals surface area contributed by atoms with Crippen molar-refractivity contribution >= 4 is 17.3 Å². The number of rotatable bonds is 5. The Morgan fingerprint density at radius 1 is 0.792 bits per heavy atom. The molecule has 0 aliphatic heterocycles. The lowest BCUT2D eigenvalue weighted by Crippen LogP contribution is -2.03. The molecule has 0 amide bonds. The van der Waals surface area contributed by atoms with Gasteiger partial charge in [-0.15, -0.1) is 0 Å². The second kappa shape index (κ2) is 7.13. The first kappa shape index (κ1) is 16.0. The van der Waals surface area contributed by atoms with E-state index in [1.807, 2.05) is 6.07 Å². The summed E-state index contributed by atoms with van der Waals surface area (Å²) in [5, 5.41) is 6.71. The van der Waals surface area contributed by atoms with Crippen LogP contribution in [0.5, 0.6) is 0 Å². The molecule has 122 valence electrons. The molecule has 4 nitrogen and oxygen atoms in total. The molecule has 0 saturated heterocycles. The Kier molecular flexibility index (Phi) is 4.75. The molecule has 0 saturated carbocycles. The molecule has 3 aromatic rings. The minimum absolute atomic E-state index is 0.736. The van der Waals surface area contributed by atoms with Crippen LogP contribution in [0, 0.1) is 20.8 Å². The number of hydrogen-bond acceptors (Lipinski definition) is 4. The van der Waals surface area contributed by atoms with E-state index in [4.69, 9.17) is 0 Å². The van der Waals surface area contributed by atoms with Crippen LogP contribution in [0.2, 0.25) is 0 Å². The Bertz CT molecular complexity index is 825. The highest BCUT2D eigenvalue weighted by molar-refractivity contribution is 5.63. The molecule has 1 heterocycles. The molecule has 4 heteroatoms. The lowest BCUT2D eigenvalue weighted by Gasteiger charge is -2.11. The van der Waals surface area contributed by atoms with Gasteiger partial charge in [-0.05, 0) is 43.5 Å². The van der Waals surface area contributed by atoms with Crippen molar-refractivity contribution in [3.8, 4) is 0 Å². The van der Waals surface area contributed by atoms with Crippen LogP contribution in [0.15, 0.2) is 54.9 Å². The predicted octanol–water partition coefficient (Wildman–Crippen LogP) is 4.76. The SMILES string of the molecule is Cc1ccc(CNc2cc(Nc3cc(C)ccc3C)ncn2)cc1. The molecule has 0 aliphatic rings. The van der Waals surface area contributed by atoms with Gasteiger partial charge < -0.3 is 10.6 Å². The molecular formula is C20H22N4. The molecule has 0 unspecified atom stereocenters. The van der Waals surface area contributed by atoms with E-state index in [2.05, 4.69) is 83.8 Å². The van der Waals surface area contributed by atoms with Crippen LogP contribution in [0.3, 0.4) is 0 Å². The molecular weight excluding hydrogens is 296 g/mol. The highest BCUT2D eigenvalue weighted by Crippen LogP contribution is 2.21. The van der Waals surface area contributed by atoms with E-state index in [9.17, 15) is 0 Å². The highest BCUT2D eigenvalue weighted by Gasteiger charge is 2.03. The molecule has 0 bridgehead atoms. The van der Waals surface area contributed by atoms with Gasteiger partial charge in [-0.25, -0.2) is 9.97 Å². The first-order chi connectivity index (χ1) is 11.6. The number of aromatic nitrogens is 2. The molecule has 0 radical (unpaired) electrons. The minimum atomic E-state index is 0.736. The molecule has 0 atom stereocenters. The van der Waals surface area contributed by atoms with Crippen LogP contribution < -0.4 is 10.6 Å². The summed E-state index contributed by atoms with van der Waals surface area (Å²) in [6.07, 6.45) is 1.57. The van der Waals surface area contributed by atoms with E-state index in [-0.39, 0.29) is 0 Å². The largest absolute Gasteiger partial charge is 0.366 e. The number of aryl methyl sites for hydroxylation is 3. The van der Waals surface area contributed by atoms with Gasteiger partial charge in [0.2, 0.25) is 0 Å². The van der Waals surface area contributed by atoms with Crippen molar-refractivity contribution in [2.24, 2.45) is 0 Å². The van der Waals surface area contributed by atoms with Crippen molar-refractivity contribution in [1.29, 1.82) is 0 Å². The Labute approximate surface area is 143 Å². The van der Waals surface area contributed by atoms with Gasteiger partial charge in [0, 0.05) is 18.3 Å². The standard InChI is InChI=1S/C20H22N4/c1-14-5-8-17(9-6-14)12-21-19-11-20(23-13-22-19)24-18-10-15(2)4-7-16(18)3/h4-11,13H,12H2,1-3H3,(H2,21,22,23,24). The van der Waals surface area contributed by atoms with Crippen molar-refractivity contribution in [2.45, 2.75) is 27.3 Å². The van der Waals surface area contributed by atoms with E-state index in [1.54, 1.807) is 6.33 Å². The summed E-state index contributed by atoms with van der Waals surface area (Å²) in [6, 6.07) is 16.7. The molecule has 24 heavy (non-hydrogen) atoms. The van der Waals surface area contributed by atoms with Gasteiger partial charge in [-0.1, -0.05) is 42.0 Å².